The molecular formula is C9H13N3O5. The average Bonchev–Trinajstić information content (AvgIpc) is 2.34. The zero-order valence-corrected chi connectivity index (χ0v) is 8.88. The summed E-state index contributed by atoms with van der Waals surface area (Å²) in [4.78, 5) is 2.51. The van der Waals surface area contributed by atoms with E-state index in [2.05, 4.69) is 15.9 Å². The van der Waals surface area contributed by atoms with Crippen LogP contribution in [-0.2, 0) is 9.47 Å². The van der Waals surface area contributed by atoms with E-state index in [4.69, 9.17) is 21.4 Å². The molecule has 0 amide bonds. The van der Waals surface area contributed by atoms with Crippen molar-refractivity contribution in [2.75, 3.05) is 13.2 Å². The Morgan fingerprint density at radius 1 is 1.35 bits per heavy atom. The highest BCUT2D eigenvalue weighted by molar-refractivity contribution is 4.91. The average molecular weight is 243 g/mol. The second-order valence-corrected chi connectivity index (χ2v) is 3.44. The van der Waals surface area contributed by atoms with Crippen LogP contribution >= 0.6 is 0 Å². The van der Waals surface area contributed by atoms with E-state index in [9.17, 15) is 15.3 Å². The van der Waals surface area contributed by atoms with E-state index in [-0.39, 0.29) is 13.2 Å². The van der Waals surface area contributed by atoms with Gasteiger partial charge in [-0.1, -0.05) is 11.0 Å². The Hall–Kier alpha value is -1.33. The maximum absolute atomic E-state index is 9.56. The highest BCUT2D eigenvalue weighted by Gasteiger charge is 2.43. The fraction of sp³-hybridized carbons (Fsp3) is 0.778. The van der Waals surface area contributed by atoms with E-state index in [0.717, 1.165) is 0 Å². The lowest BCUT2D eigenvalue weighted by Gasteiger charge is -2.39. The molecule has 1 rings (SSSR count). The molecule has 94 valence electrons. The first-order valence-electron chi connectivity index (χ1n) is 4.87. The molecule has 1 heterocycles. The van der Waals surface area contributed by atoms with Gasteiger partial charge in [-0.2, -0.15) is 0 Å². The summed E-state index contributed by atoms with van der Waals surface area (Å²) in [5, 5.41) is 31.9. The van der Waals surface area contributed by atoms with Crippen LogP contribution in [0, 0.1) is 12.3 Å². The van der Waals surface area contributed by atoms with Crippen LogP contribution in [0.25, 0.3) is 10.4 Å². The first-order chi connectivity index (χ1) is 8.11. The number of aliphatic hydroxyl groups excluding tert-OH is 3. The number of terminal acetylenes is 1. The fourth-order valence-corrected chi connectivity index (χ4v) is 1.45. The first kappa shape index (κ1) is 13.7. The molecule has 8 heteroatoms. The topological polar surface area (TPSA) is 128 Å². The van der Waals surface area contributed by atoms with Crippen molar-refractivity contribution < 1.29 is 24.8 Å². The number of aliphatic hydroxyl groups is 3. The predicted molar refractivity (Wildman–Crippen MR) is 55.5 cm³/mol. The summed E-state index contributed by atoms with van der Waals surface area (Å²) >= 11 is 0. The van der Waals surface area contributed by atoms with E-state index in [0.29, 0.717) is 0 Å². The standard InChI is InChI=1S/C9H13N3O5/c1-2-3-16-9-8(15)7(14)6(13)5(17-9)4-11-12-10/h1,5-9,13-15H,3-4H2/t5-,6+,7+,8-,9-/m1/s1. The van der Waals surface area contributed by atoms with Gasteiger partial charge in [-0.05, 0) is 5.53 Å². The highest BCUT2D eigenvalue weighted by Crippen LogP contribution is 2.22. The maximum atomic E-state index is 9.56. The second-order valence-electron chi connectivity index (χ2n) is 3.44. The third-order valence-electron chi connectivity index (χ3n) is 2.32. The van der Waals surface area contributed by atoms with Crippen LogP contribution in [0.4, 0.5) is 0 Å². The quantitative estimate of drug-likeness (QED) is 0.246. The molecule has 1 aliphatic heterocycles. The van der Waals surface area contributed by atoms with Gasteiger partial charge in [0.15, 0.2) is 6.29 Å². The molecule has 1 saturated heterocycles. The largest absolute Gasteiger partial charge is 0.388 e. The zero-order chi connectivity index (χ0) is 12.8. The Labute approximate surface area is 97.4 Å². The molecule has 0 aromatic carbocycles. The maximum Gasteiger partial charge on any atom is 0.187 e. The lowest BCUT2D eigenvalue weighted by atomic mass is 9.99. The van der Waals surface area contributed by atoms with Gasteiger partial charge < -0.3 is 24.8 Å². The van der Waals surface area contributed by atoms with Gasteiger partial charge in [0, 0.05) is 4.91 Å². The lowest BCUT2D eigenvalue weighted by Crippen LogP contribution is -2.59. The van der Waals surface area contributed by atoms with Gasteiger partial charge in [0.25, 0.3) is 0 Å². The van der Waals surface area contributed by atoms with Crippen molar-refractivity contribution >= 4 is 0 Å². The van der Waals surface area contributed by atoms with Crippen molar-refractivity contribution in [2.45, 2.75) is 30.7 Å². The number of hydrogen-bond donors (Lipinski definition) is 3. The van der Waals surface area contributed by atoms with Crippen molar-refractivity contribution in [1.82, 2.24) is 0 Å². The summed E-state index contributed by atoms with van der Waals surface area (Å²) in [5.74, 6) is 2.18. The van der Waals surface area contributed by atoms with Gasteiger partial charge >= 0.3 is 0 Å². The van der Waals surface area contributed by atoms with Crippen LogP contribution in [0.1, 0.15) is 0 Å². The van der Waals surface area contributed by atoms with Crippen LogP contribution in [0.15, 0.2) is 5.11 Å². The van der Waals surface area contributed by atoms with Crippen LogP contribution in [0.2, 0.25) is 0 Å². The molecule has 0 saturated carbocycles. The van der Waals surface area contributed by atoms with Gasteiger partial charge in [0.1, 0.15) is 24.9 Å². The SMILES string of the molecule is C#CCO[C@@H]1O[C@H](CN=[N+]=[N-])[C@H](O)[C@H](O)[C@H]1O. The Morgan fingerprint density at radius 3 is 2.65 bits per heavy atom. The molecule has 0 aromatic rings. The Kier molecular flexibility index (Phi) is 5.18. The van der Waals surface area contributed by atoms with Crippen molar-refractivity contribution in [3.63, 3.8) is 0 Å². The molecule has 0 bridgehead atoms. The van der Waals surface area contributed by atoms with Crippen molar-refractivity contribution in [3.8, 4) is 12.3 Å². The number of azide groups is 1. The normalized spacial score (nSPS) is 36.9. The molecule has 3 N–H and O–H groups in total. The minimum atomic E-state index is -1.45. The Morgan fingerprint density at radius 2 is 2.06 bits per heavy atom. The molecule has 0 aliphatic carbocycles. The van der Waals surface area contributed by atoms with Crippen LogP contribution in [0.5, 0.6) is 0 Å². The van der Waals surface area contributed by atoms with E-state index in [1.54, 1.807) is 0 Å². The fourth-order valence-electron chi connectivity index (χ4n) is 1.45. The van der Waals surface area contributed by atoms with Gasteiger partial charge in [0.2, 0.25) is 0 Å². The minimum absolute atomic E-state index is 0.112. The summed E-state index contributed by atoms with van der Waals surface area (Å²) in [7, 11) is 0. The van der Waals surface area contributed by atoms with Gasteiger partial charge in [0.05, 0.1) is 12.6 Å². The Bertz CT molecular complexity index is 338. The number of hydrogen-bond acceptors (Lipinski definition) is 6. The molecule has 17 heavy (non-hydrogen) atoms. The molecule has 0 aromatic heterocycles. The van der Waals surface area contributed by atoms with Gasteiger partial charge in [-0.3, -0.25) is 0 Å². The molecule has 1 fully saturated rings. The summed E-state index contributed by atoms with van der Waals surface area (Å²) < 4.78 is 10.1. The van der Waals surface area contributed by atoms with Gasteiger partial charge in [-0.15, -0.1) is 6.42 Å². The number of rotatable bonds is 4. The molecule has 5 atom stereocenters. The molecule has 0 radical (unpaired) electrons. The zero-order valence-electron chi connectivity index (χ0n) is 8.88. The number of ether oxygens (including phenoxy) is 2. The lowest BCUT2D eigenvalue weighted by molar-refractivity contribution is -0.291. The third kappa shape index (κ3) is 3.31. The van der Waals surface area contributed by atoms with E-state index < -0.39 is 30.7 Å². The summed E-state index contributed by atoms with van der Waals surface area (Å²) in [5.41, 5.74) is 8.16. The monoisotopic (exact) mass is 243 g/mol. The summed E-state index contributed by atoms with van der Waals surface area (Å²) in [6, 6.07) is 0. The van der Waals surface area contributed by atoms with Crippen LogP contribution < -0.4 is 0 Å². The van der Waals surface area contributed by atoms with Crippen LogP contribution in [-0.4, -0.2) is 59.2 Å². The first-order valence-corrected chi connectivity index (χ1v) is 4.87. The molecule has 8 nitrogen and oxygen atoms in total. The summed E-state index contributed by atoms with van der Waals surface area (Å²) in [6.07, 6.45) is -1.37. The van der Waals surface area contributed by atoms with Crippen molar-refractivity contribution in [2.24, 2.45) is 5.11 Å². The molecule has 0 spiro atoms. The van der Waals surface area contributed by atoms with E-state index in [1.807, 2.05) is 0 Å². The van der Waals surface area contributed by atoms with Gasteiger partial charge in [-0.25, -0.2) is 0 Å². The molecule has 1 aliphatic rings. The second kappa shape index (κ2) is 6.42. The smallest absolute Gasteiger partial charge is 0.187 e. The third-order valence-corrected chi connectivity index (χ3v) is 2.32. The summed E-state index contributed by atoms with van der Waals surface area (Å²) in [6.45, 7) is -0.295. The Balaban J connectivity index is 2.68. The highest BCUT2D eigenvalue weighted by atomic mass is 16.7. The van der Waals surface area contributed by atoms with Crippen molar-refractivity contribution in [3.05, 3.63) is 10.4 Å². The van der Waals surface area contributed by atoms with Crippen LogP contribution in [0.3, 0.4) is 0 Å². The van der Waals surface area contributed by atoms with E-state index in [1.165, 1.54) is 0 Å². The minimum Gasteiger partial charge on any atom is -0.388 e. The predicted octanol–water partition coefficient (Wildman–Crippen LogP) is -1.25. The van der Waals surface area contributed by atoms with Crippen molar-refractivity contribution in [1.29, 1.82) is 0 Å². The molecule has 0 unspecified atom stereocenters. The number of nitrogens with zero attached hydrogens (tertiary/aromatic N) is 3. The molecular weight excluding hydrogens is 230 g/mol. The van der Waals surface area contributed by atoms with E-state index >= 15 is 0 Å².